The van der Waals surface area contributed by atoms with Gasteiger partial charge in [0.1, 0.15) is 17.5 Å². The molecule has 1 aromatic heterocycles. The highest BCUT2D eigenvalue weighted by Gasteiger charge is 2.35. The lowest BCUT2D eigenvalue weighted by atomic mass is 10.1. The third-order valence-corrected chi connectivity index (χ3v) is 4.61. The molecule has 0 aliphatic carbocycles. The Morgan fingerprint density at radius 3 is 3.00 bits per heavy atom. The Hall–Kier alpha value is -1.40. The van der Waals surface area contributed by atoms with Gasteiger partial charge in [-0.25, -0.2) is 15.8 Å². The molecule has 2 fully saturated rings. The highest BCUT2D eigenvalue weighted by atomic mass is 15.3. The maximum Gasteiger partial charge on any atom is 0.145 e. The molecule has 3 rings (SSSR count). The molecule has 0 bridgehead atoms. The Morgan fingerprint density at radius 2 is 2.24 bits per heavy atom. The molecule has 3 heterocycles. The number of hydrogen-bond acceptors (Lipinski definition) is 6. The predicted molar refractivity (Wildman–Crippen MR) is 85.2 cm³/mol. The largest absolute Gasteiger partial charge is 0.351 e. The minimum Gasteiger partial charge on any atom is -0.351 e. The van der Waals surface area contributed by atoms with Gasteiger partial charge in [-0.1, -0.05) is 6.92 Å². The zero-order valence-corrected chi connectivity index (χ0v) is 13.0. The van der Waals surface area contributed by atoms with Gasteiger partial charge in [0.25, 0.3) is 0 Å². The van der Waals surface area contributed by atoms with Crippen LogP contribution in [0.25, 0.3) is 0 Å². The van der Waals surface area contributed by atoms with Crippen LogP contribution in [0.1, 0.15) is 38.9 Å². The molecule has 0 saturated carbocycles. The van der Waals surface area contributed by atoms with Gasteiger partial charge < -0.3 is 10.3 Å². The maximum absolute atomic E-state index is 5.57. The summed E-state index contributed by atoms with van der Waals surface area (Å²) in [5, 5.41) is 0. The molecule has 6 heteroatoms. The van der Waals surface area contributed by atoms with Crippen molar-refractivity contribution in [3.63, 3.8) is 0 Å². The fraction of sp³-hybridized carbons (Fsp3) is 0.733. The summed E-state index contributed by atoms with van der Waals surface area (Å²) in [6.07, 6.45) is 4.56. The number of nitrogens with zero attached hydrogens (tertiary/aromatic N) is 4. The van der Waals surface area contributed by atoms with E-state index in [-0.39, 0.29) is 0 Å². The predicted octanol–water partition coefficient (Wildman–Crippen LogP) is 1.39. The Morgan fingerprint density at radius 1 is 1.38 bits per heavy atom. The van der Waals surface area contributed by atoms with Crippen LogP contribution in [-0.4, -0.2) is 46.6 Å². The van der Waals surface area contributed by atoms with Crippen LogP contribution in [0.4, 0.5) is 11.6 Å². The Labute approximate surface area is 126 Å². The molecular formula is C15H26N6. The molecule has 0 aromatic carbocycles. The van der Waals surface area contributed by atoms with E-state index in [1.807, 2.05) is 6.07 Å². The molecule has 3 N–H and O–H groups in total. The number of aryl methyl sites for hydroxylation is 1. The summed E-state index contributed by atoms with van der Waals surface area (Å²) in [4.78, 5) is 14.3. The topological polar surface area (TPSA) is 70.3 Å². The summed E-state index contributed by atoms with van der Waals surface area (Å²) < 4.78 is 0. The second-order valence-corrected chi connectivity index (χ2v) is 6.21. The van der Waals surface area contributed by atoms with Crippen molar-refractivity contribution in [3.05, 3.63) is 11.9 Å². The second-order valence-electron chi connectivity index (χ2n) is 6.21. The van der Waals surface area contributed by atoms with Gasteiger partial charge in [-0.05, 0) is 32.7 Å². The normalized spacial score (nSPS) is 26.0. The lowest BCUT2D eigenvalue weighted by Crippen LogP contribution is -2.55. The first-order valence-corrected chi connectivity index (χ1v) is 8.06. The van der Waals surface area contributed by atoms with Crippen LogP contribution in [0, 0.1) is 0 Å². The first kappa shape index (κ1) is 14.5. The number of nitrogens with one attached hydrogen (secondary N) is 1. The average Bonchev–Trinajstić information content (AvgIpc) is 2.93. The van der Waals surface area contributed by atoms with Crippen LogP contribution in [0.3, 0.4) is 0 Å². The molecular weight excluding hydrogens is 264 g/mol. The van der Waals surface area contributed by atoms with Gasteiger partial charge in [-0.2, -0.15) is 0 Å². The van der Waals surface area contributed by atoms with E-state index >= 15 is 0 Å². The molecule has 0 radical (unpaired) electrons. The number of rotatable bonds is 4. The van der Waals surface area contributed by atoms with Crippen LogP contribution in [0.2, 0.25) is 0 Å². The van der Waals surface area contributed by atoms with Crippen molar-refractivity contribution in [2.75, 3.05) is 30.0 Å². The lowest BCUT2D eigenvalue weighted by molar-refractivity contribution is 0.202. The lowest BCUT2D eigenvalue weighted by Gasteiger charge is -2.43. The fourth-order valence-corrected chi connectivity index (χ4v) is 3.55. The highest BCUT2D eigenvalue weighted by molar-refractivity contribution is 5.50. The van der Waals surface area contributed by atoms with Crippen molar-refractivity contribution in [1.29, 1.82) is 0 Å². The van der Waals surface area contributed by atoms with Gasteiger partial charge >= 0.3 is 0 Å². The zero-order chi connectivity index (χ0) is 14.8. The van der Waals surface area contributed by atoms with Crippen molar-refractivity contribution in [3.8, 4) is 0 Å². The molecule has 0 spiro atoms. The van der Waals surface area contributed by atoms with Gasteiger partial charge in [-0.3, -0.25) is 4.90 Å². The summed E-state index contributed by atoms with van der Waals surface area (Å²) in [7, 11) is 0. The molecule has 2 aliphatic heterocycles. The van der Waals surface area contributed by atoms with Crippen molar-refractivity contribution >= 4 is 11.6 Å². The van der Waals surface area contributed by atoms with Crippen LogP contribution < -0.4 is 16.2 Å². The van der Waals surface area contributed by atoms with E-state index in [2.05, 4.69) is 34.1 Å². The molecule has 2 saturated heterocycles. The number of hydrogen-bond donors (Lipinski definition) is 2. The maximum atomic E-state index is 5.57. The number of aromatic nitrogens is 2. The monoisotopic (exact) mass is 290 g/mol. The van der Waals surface area contributed by atoms with Crippen LogP contribution in [-0.2, 0) is 6.42 Å². The second kappa shape index (κ2) is 6.15. The van der Waals surface area contributed by atoms with E-state index in [0.717, 1.165) is 37.6 Å². The molecule has 2 aliphatic rings. The van der Waals surface area contributed by atoms with E-state index in [1.165, 1.54) is 19.4 Å². The highest BCUT2D eigenvalue weighted by Crippen LogP contribution is 2.28. The summed E-state index contributed by atoms with van der Waals surface area (Å²) >= 11 is 0. The number of nitrogen functional groups attached to an aromatic ring is 1. The standard InChI is InChI=1S/C15H26N6/c1-3-5-13-17-14(19-16)8-15(18-13)21-10-12-6-4-7-20(12)9-11(21)2/h8,11-12H,3-7,9-10,16H2,1-2H3,(H,17,18,19). The summed E-state index contributed by atoms with van der Waals surface area (Å²) in [5.74, 6) is 8.17. The number of fused-ring (bicyclic) bond motifs is 1. The number of piperazine rings is 1. The quantitative estimate of drug-likeness (QED) is 0.645. The average molecular weight is 290 g/mol. The van der Waals surface area contributed by atoms with E-state index in [0.29, 0.717) is 17.9 Å². The van der Waals surface area contributed by atoms with E-state index in [4.69, 9.17) is 10.8 Å². The molecule has 21 heavy (non-hydrogen) atoms. The van der Waals surface area contributed by atoms with Crippen molar-refractivity contribution in [1.82, 2.24) is 14.9 Å². The molecule has 0 amide bonds. The van der Waals surface area contributed by atoms with Gasteiger partial charge in [-0.15, -0.1) is 0 Å². The van der Waals surface area contributed by atoms with Gasteiger partial charge in [0.15, 0.2) is 0 Å². The van der Waals surface area contributed by atoms with Gasteiger partial charge in [0, 0.05) is 37.7 Å². The Bertz CT molecular complexity index is 491. The van der Waals surface area contributed by atoms with Crippen molar-refractivity contribution < 1.29 is 0 Å². The smallest absolute Gasteiger partial charge is 0.145 e. The third kappa shape index (κ3) is 2.96. The first-order chi connectivity index (χ1) is 10.2. The summed E-state index contributed by atoms with van der Waals surface area (Å²) in [6, 6.07) is 3.13. The summed E-state index contributed by atoms with van der Waals surface area (Å²) in [5.41, 5.74) is 2.68. The SMILES string of the molecule is CCCc1nc(NN)cc(N2CC3CCCN3CC2C)n1. The number of nitrogens with two attached hydrogens (primary N) is 1. The molecule has 1 aromatic rings. The van der Waals surface area contributed by atoms with E-state index in [1.54, 1.807) is 0 Å². The van der Waals surface area contributed by atoms with E-state index < -0.39 is 0 Å². The zero-order valence-electron chi connectivity index (χ0n) is 13.0. The van der Waals surface area contributed by atoms with Gasteiger partial charge in [0.05, 0.1) is 0 Å². The van der Waals surface area contributed by atoms with Crippen LogP contribution in [0.5, 0.6) is 0 Å². The minimum atomic E-state index is 0.481. The molecule has 6 nitrogen and oxygen atoms in total. The first-order valence-electron chi connectivity index (χ1n) is 8.06. The molecule has 2 atom stereocenters. The van der Waals surface area contributed by atoms with Crippen molar-refractivity contribution in [2.24, 2.45) is 5.84 Å². The minimum absolute atomic E-state index is 0.481. The Balaban J connectivity index is 1.85. The summed E-state index contributed by atoms with van der Waals surface area (Å²) in [6.45, 7) is 7.87. The Kier molecular flexibility index (Phi) is 4.26. The van der Waals surface area contributed by atoms with E-state index in [9.17, 15) is 0 Å². The molecule has 2 unspecified atom stereocenters. The fourth-order valence-electron chi connectivity index (χ4n) is 3.55. The third-order valence-electron chi connectivity index (χ3n) is 4.61. The number of hydrazine groups is 1. The number of anilines is 2. The van der Waals surface area contributed by atoms with Gasteiger partial charge in [0.2, 0.25) is 0 Å². The van der Waals surface area contributed by atoms with Crippen LogP contribution in [0.15, 0.2) is 6.07 Å². The van der Waals surface area contributed by atoms with Crippen LogP contribution >= 0.6 is 0 Å². The molecule has 116 valence electrons. The van der Waals surface area contributed by atoms with Crippen molar-refractivity contribution in [2.45, 2.75) is 51.6 Å².